The number of hydrogen-bond acceptors (Lipinski definition) is 4. The Labute approximate surface area is 186 Å². The molecular weight excluding hydrogens is 435 g/mol. The molecule has 160 valence electrons. The van der Waals surface area contributed by atoms with Crippen molar-refractivity contribution in [2.24, 2.45) is 0 Å². The molecule has 0 saturated carbocycles. The highest BCUT2D eigenvalue weighted by atomic mass is 32.2. The normalized spacial score (nSPS) is 13.0. The van der Waals surface area contributed by atoms with Gasteiger partial charge in [-0.25, -0.2) is 12.8 Å². The van der Waals surface area contributed by atoms with E-state index in [-0.39, 0.29) is 15.4 Å². The molecule has 2 rings (SSSR count). The fourth-order valence-electron chi connectivity index (χ4n) is 2.43. The molecule has 2 aromatic rings. The van der Waals surface area contributed by atoms with Crippen LogP contribution in [0, 0.1) is 0 Å². The second kappa shape index (κ2) is 10.5. The summed E-state index contributed by atoms with van der Waals surface area (Å²) in [4.78, 5) is 0. The van der Waals surface area contributed by atoms with Crippen molar-refractivity contribution < 1.29 is 8.42 Å². The number of hydrogen-bond donors (Lipinski definition) is 1. The van der Waals surface area contributed by atoms with Gasteiger partial charge in [0.1, 0.15) is 8.24 Å². The molecule has 0 fully saturated rings. The van der Waals surface area contributed by atoms with Crippen molar-refractivity contribution in [3.05, 3.63) is 71.8 Å². The third kappa shape index (κ3) is 8.50. The number of rotatable bonds is 10. The van der Waals surface area contributed by atoms with Crippen LogP contribution in [0.15, 0.2) is 60.7 Å². The molecule has 0 atom stereocenters. The van der Waals surface area contributed by atoms with Gasteiger partial charge in [-0.2, -0.15) is 0 Å². The molecule has 0 aliphatic carbocycles. The predicted molar refractivity (Wildman–Crippen MR) is 133 cm³/mol. The van der Waals surface area contributed by atoms with Crippen LogP contribution in [0.1, 0.15) is 31.9 Å². The Bertz CT molecular complexity index is 807. The van der Waals surface area contributed by atoms with Crippen molar-refractivity contribution in [2.45, 2.75) is 55.0 Å². The zero-order valence-corrected chi connectivity index (χ0v) is 21.5. The molecule has 0 aliphatic heterocycles. The lowest BCUT2D eigenvalue weighted by molar-refractivity contribution is 0.590. The highest BCUT2D eigenvalue weighted by Gasteiger charge is 2.39. The smallest absolute Gasteiger partial charge is 0.207 e. The Kier molecular flexibility index (Phi) is 8.91. The minimum Gasteiger partial charge on any atom is -0.237 e. The van der Waals surface area contributed by atoms with Crippen LogP contribution >= 0.6 is 23.5 Å². The number of sulfonamides is 1. The molecule has 0 aliphatic rings. The molecule has 0 saturated heterocycles. The van der Waals surface area contributed by atoms with Gasteiger partial charge in [0.25, 0.3) is 0 Å². The van der Waals surface area contributed by atoms with E-state index in [1.54, 1.807) is 23.5 Å². The van der Waals surface area contributed by atoms with Crippen molar-refractivity contribution in [2.75, 3.05) is 5.75 Å². The molecule has 0 aromatic heterocycles. The van der Waals surface area contributed by atoms with Crippen LogP contribution < -0.4 is 4.39 Å². The van der Waals surface area contributed by atoms with Crippen molar-refractivity contribution in [1.82, 2.24) is 4.39 Å². The lowest BCUT2D eigenvalue weighted by Crippen LogP contribution is -2.55. The first-order valence-electron chi connectivity index (χ1n) is 9.81. The summed E-state index contributed by atoms with van der Waals surface area (Å²) in [5, 5.41) is -0.0378. The Morgan fingerprint density at radius 3 is 1.66 bits per heavy atom. The Morgan fingerprint density at radius 2 is 1.28 bits per heavy atom. The van der Waals surface area contributed by atoms with E-state index in [0.29, 0.717) is 0 Å². The molecule has 0 amide bonds. The van der Waals surface area contributed by atoms with Gasteiger partial charge in [0, 0.05) is 11.5 Å². The molecule has 0 bridgehead atoms. The quantitative estimate of drug-likeness (QED) is 0.338. The summed E-state index contributed by atoms with van der Waals surface area (Å²) >= 11 is 3.43. The fourth-order valence-corrected chi connectivity index (χ4v) is 11.2. The van der Waals surface area contributed by atoms with Gasteiger partial charge < -0.3 is 0 Å². The summed E-state index contributed by atoms with van der Waals surface area (Å²) in [6, 6.07) is 20.5. The van der Waals surface area contributed by atoms with E-state index in [4.69, 9.17) is 0 Å². The molecule has 0 heterocycles. The molecule has 0 radical (unpaired) electrons. The van der Waals surface area contributed by atoms with Crippen LogP contribution in [0.3, 0.4) is 0 Å². The van der Waals surface area contributed by atoms with Gasteiger partial charge in [0.2, 0.25) is 10.0 Å². The number of benzene rings is 2. The van der Waals surface area contributed by atoms with Gasteiger partial charge in [0.15, 0.2) is 0 Å². The zero-order chi connectivity index (χ0) is 21.5. The molecular formula is C22H33NO2S3Si. The summed E-state index contributed by atoms with van der Waals surface area (Å²) in [6.45, 7) is 10.5. The van der Waals surface area contributed by atoms with Crippen LogP contribution in [0.4, 0.5) is 0 Å². The monoisotopic (exact) mass is 467 g/mol. The highest BCUT2D eigenvalue weighted by Crippen LogP contribution is 2.35. The summed E-state index contributed by atoms with van der Waals surface area (Å²) in [7, 11) is -5.50. The predicted octanol–water partition coefficient (Wildman–Crippen LogP) is 6.10. The largest absolute Gasteiger partial charge is 0.237 e. The van der Waals surface area contributed by atoms with Crippen molar-refractivity contribution >= 4 is 41.8 Å². The van der Waals surface area contributed by atoms with Gasteiger partial charge in [-0.05, 0) is 16.2 Å². The van der Waals surface area contributed by atoms with Gasteiger partial charge >= 0.3 is 0 Å². The van der Waals surface area contributed by atoms with Crippen LogP contribution in [-0.2, 0) is 21.5 Å². The van der Waals surface area contributed by atoms with Crippen molar-refractivity contribution in [1.29, 1.82) is 0 Å². The summed E-state index contributed by atoms with van der Waals surface area (Å²) in [6.07, 6.45) is 0. The van der Waals surface area contributed by atoms with Gasteiger partial charge in [-0.15, -0.1) is 23.5 Å². The third-order valence-corrected chi connectivity index (χ3v) is 16.3. The molecule has 0 spiro atoms. The van der Waals surface area contributed by atoms with E-state index < -0.39 is 18.3 Å². The maximum atomic E-state index is 13.0. The van der Waals surface area contributed by atoms with Gasteiger partial charge in [-0.1, -0.05) is 94.5 Å². The summed E-state index contributed by atoms with van der Waals surface area (Å²) < 4.78 is 29.1. The highest BCUT2D eigenvalue weighted by molar-refractivity contribution is 8.17. The Morgan fingerprint density at radius 1 is 0.862 bits per heavy atom. The van der Waals surface area contributed by atoms with E-state index in [9.17, 15) is 8.42 Å². The van der Waals surface area contributed by atoms with Gasteiger partial charge in [0.05, 0.1) is 10.3 Å². The Hall–Kier alpha value is -0.733. The standard InChI is InChI=1S/C22H33NO2S3Si/c1-22(2,3)29(4,5)23-28(24,25)18-21(26-16-19-12-8-6-9-13-19)27-17-20-14-10-7-11-15-20/h6-15,21,23H,16-18H2,1-5H3. The third-order valence-electron chi connectivity index (χ3n) is 5.20. The van der Waals surface area contributed by atoms with E-state index in [1.165, 1.54) is 11.1 Å². The average Bonchev–Trinajstić information content (AvgIpc) is 2.64. The minimum atomic E-state index is -3.36. The minimum absolute atomic E-state index is 0.0299. The second-order valence-electron chi connectivity index (χ2n) is 8.78. The second-order valence-corrected chi connectivity index (χ2v) is 18.6. The summed E-state index contributed by atoms with van der Waals surface area (Å²) in [5.41, 5.74) is 2.44. The maximum Gasteiger partial charge on any atom is 0.207 e. The average molecular weight is 468 g/mol. The first kappa shape index (κ1) is 24.5. The maximum absolute atomic E-state index is 13.0. The van der Waals surface area contributed by atoms with Crippen LogP contribution in [0.25, 0.3) is 0 Å². The number of thioether (sulfide) groups is 2. The van der Waals surface area contributed by atoms with Crippen LogP contribution in [0.2, 0.25) is 18.1 Å². The SMILES string of the molecule is CC(C)(C)[Si](C)(C)NS(=O)(=O)CC(SCc1ccccc1)SCc1ccccc1. The molecule has 3 nitrogen and oxygen atoms in total. The van der Waals surface area contributed by atoms with Crippen molar-refractivity contribution in [3.8, 4) is 0 Å². The fraction of sp³-hybridized carbons (Fsp3) is 0.455. The molecule has 2 aromatic carbocycles. The molecule has 0 unspecified atom stereocenters. The van der Waals surface area contributed by atoms with Gasteiger partial charge in [-0.3, -0.25) is 0 Å². The first-order chi connectivity index (χ1) is 13.5. The molecule has 7 heteroatoms. The molecule has 29 heavy (non-hydrogen) atoms. The zero-order valence-electron chi connectivity index (χ0n) is 18.0. The van der Waals surface area contributed by atoms with E-state index in [2.05, 4.69) is 62.5 Å². The first-order valence-corrected chi connectivity index (χ1v) is 16.6. The van der Waals surface area contributed by atoms with Crippen molar-refractivity contribution in [3.63, 3.8) is 0 Å². The molecule has 1 N–H and O–H groups in total. The topological polar surface area (TPSA) is 46.2 Å². The van der Waals surface area contributed by atoms with E-state index in [1.807, 2.05) is 36.4 Å². The lowest BCUT2D eigenvalue weighted by Gasteiger charge is -2.37. The van der Waals surface area contributed by atoms with E-state index >= 15 is 0 Å². The van der Waals surface area contributed by atoms with E-state index in [0.717, 1.165) is 11.5 Å². The number of nitrogens with one attached hydrogen (secondary N) is 1. The lowest BCUT2D eigenvalue weighted by atomic mass is 10.2. The van der Waals surface area contributed by atoms with Crippen LogP contribution in [0.5, 0.6) is 0 Å². The summed E-state index contributed by atoms with van der Waals surface area (Å²) in [5.74, 6) is 1.75. The Balaban J connectivity index is 2.08. The van der Waals surface area contributed by atoms with Crippen LogP contribution in [-0.4, -0.2) is 27.0 Å².